The Labute approximate surface area is 141 Å². The van der Waals surface area contributed by atoms with Crippen LogP contribution in [0.4, 0.5) is 5.82 Å². The summed E-state index contributed by atoms with van der Waals surface area (Å²) in [6.45, 7) is 5.53. The fourth-order valence-electron chi connectivity index (χ4n) is 1.93. The van der Waals surface area contributed by atoms with E-state index in [0.29, 0.717) is 23.3 Å². The maximum atomic E-state index is 12.1. The first-order valence-electron chi connectivity index (χ1n) is 7.64. The number of rotatable bonds is 7. The summed E-state index contributed by atoms with van der Waals surface area (Å²) in [7, 11) is 0. The Morgan fingerprint density at radius 1 is 1.22 bits per heavy atom. The zero-order chi connectivity index (χ0) is 16.7. The van der Waals surface area contributed by atoms with Crippen LogP contribution in [0.25, 0.3) is 0 Å². The highest BCUT2D eigenvalue weighted by atomic mass is 35.5. The first-order chi connectivity index (χ1) is 11.1. The van der Waals surface area contributed by atoms with Crippen molar-refractivity contribution in [3.63, 3.8) is 0 Å². The molecule has 0 aliphatic heterocycles. The highest BCUT2D eigenvalue weighted by molar-refractivity contribution is 6.31. The summed E-state index contributed by atoms with van der Waals surface area (Å²) < 4.78 is 0. The second kappa shape index (κ2) is 8.48. The lowest BCUT2D eigenvalue weighted by atomic mass is 10.1. The van der Waals surface area contributed by atoms with Crippen LogP contribution in [-0.4, -0.2) is 22.4 Å². The van der Waals surface area contributed by atoms with Crippen molar-refractivity contribution < 1.29 is 4.79 Å². The molecule has 0 atom stereocenters. The highest BCUT2D eigenvalue weighted by Gasteiger charge is 2.08. The van der Waals surface area contributed by atoms with Gasteiger partial charge in [-0.1, -0.05) is 43.6 Å². The maximum Gasteiger partial charge on any atom is 0.271 e. The lowest BCUT2D eigenvalue weighted by Crippen LogP contribution is -2.24. The minimum Gasteiger partial charge on any atom is -0.369 e. The molecule has 1 heterocycles. The molecule has 0 saturated carbocycles. The van der Waals surface area contributed by atoms with Crippen LogP contribution in [0.5, 0.6) is 0 Å². The number of anilines is 1. The number of hydrogen-bond donors (Lipinski definition) is 2. The van der Waals surface area contributed by atoms with Gasteiger partial charge in [0.1, 0.15) is 11.5 Å². The quantitative estimate of drug-likeness (QED) is 0.814. The van der Waals surface area contributed by atoms with Gasteiger partial charge in [-0.15, -0.1) is 0 Å². The molecule has 1 aromatic carbocycles. The van der Waals surface area contributed by atoms with Crippen LogP contribution in [0.3, 0.4) is 0 Å². The molecule has 0 radical (unpaired) electrons. The van der Waals surface area contributed by atoms with E-state index in [1.165, 1.54) is 6.20 Å². The Kier molecular flexibility index (Phi) is 6.35. The summed E-state index contributed by atoms with van der Waals surface area (Å²) in [5.41, 5.74) is 1.15. The van der Waals surface area contributed by atoms with Crippen molar-refractivity contribution in [3.8, 4) is 0 Å². The maximum absolute atomic E-state index is 12.1. The minimum atomic E-state index is -0.272. The van der Waals surface area contributed by atoms with E-state index in [1.807, 2.05) is 18.2 Å². The van der Waals surface area contributed by atoms with Crippen LogP contribution in [0.1, 0.15) is 36.3 Å². The summed E-state index contributed by atoms with van der Waals surface area (Å²) in [6.07, 6.45) is 4.10. The van der Waals surface area contributed by atoms with Gasteiger partial charge in [0.2, 0.25) is 0 Å². The average molecular weight is 333 g/mol. The van der Waals surface area contributed by atoms with Gasteiger partial charge in [0.15, 0.2) is 0 Å². The number of nitrogens with zero attached hydrogens (tertiary/aromatic N) is 2. The number of carbonyl (C=O) groups is 1. The largest absolute Gasteiger partial charge is 0.369 e. The van der Waals surface area contributed by atoms with Gasteiger partial charge in [-0.05, 0) is 24.0 Å². The second-order valence-corrected chi connectivity index (χ2v) is 6.08. The Bertz CT molecular complexity index is 643. The van der Waals surface area contributed by atoms with Gasteiger partial charge in [-0.25, -0.2) is 9.97 Å². The van der Waals surface area contributed by atoms with E-state index < -0.39 is 0 Å². The fourth-order valence-corrected chi connectivity index (χ4v) is 2.14. The molecule has 0 aliphatic carbocycles. The molecule has 0 spiro atoms. The standard InChI is InChI=1S/C17H21ClN4O/c1-12(2)7-8-19-16-11-20-15(10-21-16)17(23)22-9-13-5-3-4-6-14(13)18/h3-6,10-12H,7-9H2,1-2H3,(H,19,21)(H,22,23). The SMILES string of the molecule is CC(C)CCNc1cnc(C(=O)NCc2ccccc2Cl)cn1. The third-order valence-corrected chi connectivity index (χ3v) is 3.68. The lowest BCUT2D eigenvalue weighted by Gasteiger charge is -2.08. The molecule has 1 aromatic heterocycles. The predicted octanol–water partition coefficient (Wildman–Crippen LogP) is 3.52. The number of hydrogen-bond acceptors (Lipinski definition) is 4. The predicted molar refractivity (Wildman–Crippen MR) is 92.6 cm³/mol. The summed E-state index contributed by atoms with van der Waals surface area (Å²) in [6, 6.07) is 7.39. The number of benzene rings is 1. The Morgan fingerprint density at radius 2 is 2.00 bits per heavy atom. The highest BCUT2D eigenvalue weighted by Crippen LogP contribution is 2.14. The number of nitrogens with one attached hydrogen (secondary N) is 2. The number of halogens is 1. The van der Waals surface area contributed by atoms with Crippen LogP contribution < -0.4 is 10.6 Å². The first-order valence-corrected chi connectivity index (χ1v) is 8.01. The van der Waals surface area contributed by atoms with E-state index in [1.54, 1.807) is 12.3 Å². The van der Waals surface area contributed by atoms with Crippen molar-refractivity contribution in [3.05, 3.63) is 52.9 Å². The molecule has 0 bridgehead atoms. The van der Waals surface area contributed by atoms with E-state index in [0.717, 1.165) is 18.5 Å². The van der Waals surface area contributed by atoms with E-state index in [2.05, 4.69) is 34.4 Å². The van der Waals surface area contributed by atoms with E-state index in [9.17, 15) is 4.79 Å². The number of amides is 1. The Hall–Kier alpha value is -2.14. The van der Waals surface area contributed by atoms with Gasteiger partial charge in [0.05, 0.1) is 12.4 Å². The Morgan fingerprint density at radius 3 is 2.65 bits per heavy atom. The summed E-state index contributed by atoms with van der Waals surface area (Å²) >= 11 is 6.06. The molecule has 1 amide bonds. The van der Waals surface area contributed by atoms with Crippen molar-refractivity contribution in [2.45, 2.75) is 26.8 Å². The molecule has 0 unspecified atom stereocenters. The van der Waals surface area contributed by atoms with Crippen molar-refractivity contribution in [2.24, 2.45) is 5.92 Å². The molecule has 2 aromatic rings. The molecule has 0 aliphatic rings. The van der Waals surface area contributed by atoms with Crippen molar-refractivity contribution in [1.82, 2.24) is 15.3 Å². The normalized spacial score (nSPS) is 10.6. The van der Waals surface area contributed by atoms with Gasteiger partial charge in [-0.2, -0.15) is 0 Å². The molecule has 5 nitrogen and oxygen atoms in total. The number of carbonyl (C=O) groups excluding carboxylic acids is 1. The van der Waals surface area contributed by atoms with Crippen molar-refractivity contribution >= 4 is 23.3 Å². The summed E-state index contributed by atoms with van der Waals surface area (Å²) in [5.74, 6) is 1.03. The van der Waals surface area contributed by atoms with Gasteiger partial charge < -0.3 is 10.6 Å². The zero-order valence-corrected chi connectivity index (χ0v) is 14.1. The molecule has 0 saturated heterocycles. The minimum absolute atomic E-state index is 0.272. The molecule has 23 heavy (non-hydrogen) atoms. The lowest BCUT2D eigenvalue weighted by molar-refractivity contribution is 0.0945. The van der Waals surface area contributed by atoms with Crippen LogP contribution >= 0.6 is 11.6 Å². The van der Waals surface area contributed by atoms with Crippen LogP contribution in [-0.2, 0) is 6.54 Å². The molecule has 2 rings (SSSR count). The van der Waals surface area contributed by atoms with Crippen LogP contribution in [0, 0.1) is 5.92 Å². The van der Waals surface area contributed by atoms with E-state index in [-0.39, 0.29) is 11.6 Å². The molecule has 0 fully saturated rings. The smallest absolute Gasteiger partial charge is 0.271 e. The molecule has 6 heteroatoms. The van der Waals surface area contributed by atoms with Gasteiger partial charge >= 0.3 is 0 Å². The third kappa shape index (κ3) is 5.53. The zero-order valence-electron chi connectivity index (χ0n) is 13.3. The summed E-state index contributed by atoms with van der Waals surface area (Å²) in [4.78, 5) is 20.4. The van der Waals surface area contributed by atoms with Gasteiger partial charge in [0, 0.05) is 18.1 Å². The number of aromatic nitrogens is 2. The van der Waals surface area contributed by atoms with E-state index in [4.69, 9.17) is 11.6 Å². The third-order valence-electron chi connectivity index (χ3n) is 3.31. The molecule has 122 valence electrons. The fraction of sp³-hybridized carbons (Fsp3) is 0.353. The van der Waals surface area contributed by atoms with Crippen LogP contribution in [0.15, 0.2) is 36.7 Å². The van der Waals surface area contributed by atoms with Gasteiger partial charge in [0.25, 0.3) is 5.91 Å². The molecular formula is C17H21ClN4O. The summed E-state index contributed by atoms with van der Waals surface area (Å²) in [5, 5.41) is 6.60. The molecular weight excluding hydrogens is 312 g/mol. The average Bonchev–Trinajstić information content (AvgIpc) is 2.54. The van der Waals surface area contributed by atoms with Crippen molar-refractivity contribution in [1.29, 1.82) is 0 Å². The topological polar surface area (TPSA) is 66.9 Å². The molecule has 2 N–H and O–H groups in total. The second-order valence-electron chi connectivity index (χ2n) is 5.67. The van der Waals surface area contributed by atoms with Crippen molar-refractivity contribution in [2.75, 3.05) is 11.9 Å². The Balaban J connectivity index is 1.86. The van der Waals surface area contributed by atoms with Crippen LogP contribution in [0.2, 0.25) is 5.02 Å². The van der Waals surface area contributed by atoms with Gasteiger partial charge in [-0.3, -0.25) is 4.79 Å². The first kappa shape index (κ1) is 17.2. The van der Waals surface area contributed by atoms with E-state index >= 15 is 0 Å². The monoisotopic (exact) mass is 332 g/mol.